The molecule has 0 aromatic heterocycles. The van der Waals surface area contributed by atoms with Gasteiger partial charge in [-0.25, -0.2) is 0 Å². The van der Waals surface area contributed by atoms with Gasteiger partial charge in [0, 0.05) is 11.3 Å². The maximum absolute atomic E-state index is 12.4. The molecule has 1 heterocycles. The van der Waals surface area contributed by atoms with E-state index in [9.17, 15) is 14.4 Å². The molecule has 2 saturated carbocycles. The average Bonchev–Trinajstić information content (AvgIpc) is 2.99. The summed E-state index contributed by atoms with van der Waals surface area (Å²) in [5.74, 6) is -0.610. The lowest BCUT2D eigenvalue weighted by Gasteiger charge is -2.26. The lowest BCUT2D eigenvalue weighted by atomic mass is 9.81. The van der Waals surface area contributed by atoms with E-state index in [1.807, 2.05) is 20.8 Å². The first-order valence-electron chi connectivity index (χ1n) is 7.41. The van der Waals surface area contributed by atoms with Gasteiger partial charge in [0.1, 0.15) is 6.10 Å². The number of imide groups is 1. The molecule has 1 saturated heterocycles. The van der Waals surface area contributed by atoms with Crippen molar-refractivity contribution in [2.75, 3.05) is 0 Å². The second-order valence-corrected chi connectivity index (χ2v) is 6.98. The highest BCUT2D eigenvalue weighted by molar-refractivity contribution is 5.99. The Kier molecular flexibility index (Phi) is 2.92. The lowest BCUT2D eigenvalue weighted by Crippen LogP contribution is -2.47. The Morgan fingerprint density at radius 2 is 2.05 bits per heavy atom. The van der Waals surface area contributed by atoms with Crippen LogP contribution < -0.4 is 5.32 Å². The number of hydrogen-bond donors (Lipinski definition) is 1. The first kappa shape index (κ1) is 13.6. The van der Waals surface area contributed by atoms with E-state index in [-0.39, 0.29) is 47.6 Å². The number of esters is 1. The fraction of sp³-hybridized carbons (Fsp3) is 0.800. The van der Waals surface area contributed by atoms with Crippen molar-refractivity contribution in [3.05, 3.63) is 0 Å². The topological polar surface area (TPSA) is 72.5 Å². The van der Waals surface area contributed by atoms with Crippen LogP contribution in [0.4, 0.5) is 0 Å². The van der Waals surface area contributed by atoms with Crippen molar-refractivity contribution < 1.29 is 19.1 Å². The van der Waals surface area contributed by atoms with Crippen molar-refractivity contribution in [3.63, 3.8) is 0 Å². The number of ether oxygens (including phenoxy) is 1. The summed E-state index contributed by atoms with van der Waals surface area (Å²) >= 11 is 0. The van der Waals surface area contributed by atoms with Crippen LogP contribution in [-0.4, -0.2) is 23.9 Å². The van der Waals surface area contributed by atoms with Gasteiger partial charge in [0.05, 0.1) is 11.8 Å². The lowest BCUT2D eigenvalue weighted by molar-refractivity contribution is -0.146. The van der Waals surface area contributed by atoms with Crippen LogP contribution in [0.3, 0.4) is 0 Å². The number of carbonyl (C=O) groups is 3. The number of hydrogen-bond acceptors (Lipinski definition) is 4. The summed E-state index contributed by atoms with van der Waals surface area (Å²) in [6, 6.07) is 0. The highest BCUT2D eigenvalue weighted by Gasteiger charge is 2.63. The molecular weight excluding hydrogens is 258 g/mol. The first-order valence-corrected chi connectivity index (χ1v) is 7.41. The Morgan fingerprint density at radius 1 is 1.35 bits per heavy atom. The second-order valence-electron chi connectivity index (χ2n) is 6.98. The smallest absolute Gasteiger partial charge is 0.309 e. The Hall–Kier alpha value is -1.39. The summed E-state index contributed by atoms with van der Waals surface area (Å²) in [5, 5.41) is 2.53. The minimum absolute atomic E-state index is 0.00293. The zero-order chi connectivity index (χ0) is 14.7. The molecule has 110 valence electrons. The molecule has 0 aromatic carbocycles. The molecule has 1 aliphatic heterocycles. The summed E-state index contributed by atoms with van der Waals surface area (Å²) in [6.07, 6.45) is 1.99. The Balaban J connectivity index is 1.71. The van der Waals surface area contributed by atoms with Crippen LogP contribution >= 0.6 is 0 Å². The van der Waals surface area contributed by atoms with Gasteiger partial charge in [-0.1, -0.05) is 20.8 Å². The van der Waals surface area contributed by atoms with E-state index in [0.29, 0.717) is 6.42 Å². The third-order valence-electron chi connectivity index (χ3n) is 5.53. The molecule has 3 aliphatic rings. The molecule has 1 N–H and O–H groups in total. The molecule has 3 fully saturated rings. The molecular formula is C15H21NO4. The van der Waals surface area contributed by atoms with E-state index in [1.54, 1.807) is 0 Å². The first-order chi connectivity index (χ1) is 9.35. The molecule has 0 aromatic rings. The summed E-state index contributed by atoms with van der Waals surface area (Å²) in [4.78, 5) is 36.1. The Labute approximate surface area is 118 Å². The number of fused-ring (bicyclic) bond motifs is 1. The largest absolute Gasteiger partial charge is 0.461 e. The van der Waals surface area contributed by atoms with Crippen LogP contribution in [0.5, 0.6) is 0 Å². The second kappa shape index (κ2) is 4.30. The molecule has 5 heteroatoms. The molecule has 20 heavy (non-hydrogen) atoms. The molecule has 5 atom stereocenters. The van der Waals surface area contributed by atoms with E-state index in [2.05, 4.69) is 5.32 Å². The molecule has 2 amide bonds. The SMILES string of the molecule is CCC(C)(C)C(=O)NC(=O)C1C2CC3C(=O)OC1C3C2. The number of rotatable bonds is 3. The van der Waals surface area contributed by atoms with Crippen LogP contribution in [0.25, 0.3) is 0 Å². The van der Waals surface area contributed by atoms with Crippen molar-refractivity contribution in [1.29, 1.82) is 0 Å². The van der Waals surface area contributed by atoms with Crippen LogP contribution in [0.2, 0.25) is 0 Å². The van der Waals surface area contributed by atoms with Gasteiger partial charge in [-0.3, -0.25) is 19.7 Å². The molecule has 5 unspecified atom stereocenters. The van der Waals surface area contributed by atoms with Crippen LogP contribution in [0.1, 0.15) is 40.0 Å². The van der Waals surface area contributed by atoms with Gasteiger partial charge >= 0.3 is 5.97 Å². The van der Waals surface area contributed by atoms with Crippen LogP contribution in [0.15, 0.2) is 0 Å². The van der Waals surface area contributed by atoms with Crippen molar-refractivity contribution >= 4 is 17.8 Å². The van der Waals surface area contributed by atoms with Gasteiger partial charge in [-0.05, 0) is 25.2 Å². The third kappa shape index (κ3) is 1.79. The standard InChI is InChI=1S/C15H21NO4/c1-4-15(2,3)14(19)16-12(17)10-7-5-8-9(6-7)13(18)20-11(8)10/h7-11H,4-6H2,1-3H3,(H,16,17,19). The average molecular weight is 279 g/mol. The Bertz CT molecular complexity index is 484. The van der Waals surface area contributed by atoms with E-state index in [0.717, 1.165) is 12.8 Å². The van der Waals surface area contributed by atoms with Crippen LogP contribution in [-0.2, 0) is 19.1 Å². The molecule has 0 radical (unpaired) electrons. The van der Waals surface area contributed by atoms with E-state index in [4.69, 9.17) is 4.74 Å². The highest BCUT2D eigenvalue weighted by atomic mass is 16.6. The number of nitrogens with one attached hydrogen (secondary N) is 1. The number of carbonyl (C=O) groups excluding carboxylic acids is 3. The molecule has 2 bridgehead atoms. The zero-order valence-corrected chi connectivity index (χ0v) is 12.1. The number of amides is 2. The maximum Gasteiger partial charge on any atom is 0.309 e. The predicted molar refractivity (Wildman–Crippen MR) is 70.3 cm³/mol. The van der Waals surface area contributed by atoms with Gasteiger partial charge in [0.15, 0.2) is 0 Å². The zero-order valence-electron chi connectivity index (χ0n) is 12.1. The van der Waals surface area contributed by atoms with Crippen LogP contribution in [0, 0.1) is 29.1 Å². The van der Waals surface area contributed by atoms with E-state index in [1.165, 1.54) is 0 Å². The summed E-state index contributed by atoms with van der Waals surface area (Å²) in [6.45, 7) is 5.56. The minimum atomic E-state index is -0.553. The quantitative estimate of drug-likeness (QED) is 0.789. The summed E-state index contributed by atoms with van der Waals surface area (Å²) in [5.41, 5.74) is -0.553. The van der Waals surface area contributed by atoms with Gasteiger partial charge in [0.2, 0.25) is 11.8 Å². The molecule has 0 spiro atoms. The molecule has 3 rings (SSSR count). The fourth-order valence-corrected chi connectivity index (χ4v) is 3.84. The third-order valence-corrected chi connectivity index (χ3v) is 5.53. The monoisotopic (exact) mass is 279 g/mol. The van der Waals surface area contributed by atoms with Crippen molar-refractivity contribution in [2.45, 2.75) is 46.1 Å². The predicted octanol–water partition coefficient (Wildman–Crippen LogP) is 1.26. The Morgan fingerprint density at radius 3 is 2.70 bits per heavy atom. The maximum atomic E-state index is 12.4. The summed E-state index contributed by atoms with van der Waals surface area (Å²) < 4.78 is 5.36. The van der Waals surface area contributed by atoms with Crippen molar-refractivity contribution in [1.82, 2.24) is 5.32 Å². The van der Waals surface area contributed by atoms with Crippen molar-refractivity contribution in [3.8, 4) is 0 Å². The molecule has 5 nitrogen and oxygen atoms in total. The van der Waals surface area contributed by atoms with Gasteiger partial charge in [0.25, 0.3) is 0 Å². The van der Waals surface area contributed by atoms with Gasteiger partial charge in [-0.2, -0.15) is 0 Å². The minimum Gasteiger partial charge on any atom is -0.461 e. The van der Waals surface area contributed by atoms with Gasteiger partial charge < -0.3 is 4.74 Å². The normalized spacial score (nSPS) is 38.0. The van der Waals surface area contributed by atoms with Gasteiger partial charge in [-0.15, -0.1) is 0 Å². The fourth-order valence-electron chi connectivity index (χ4n) is 3.84. The van der Waals surface area contributed by atoms with Crippen molar-refractivity contribution in [2.24, 2.45) is 29.1 Å². The summed E-state index contributed by atoms with van der Waals surface area (Å²) in [7, 11) is 0. The van der Waals surface area contributed by atoms with E-state index < -0.39 is 5.41 Å². The van der Waals surface area contributed by atoms with E-state index >= 15 is 0 Å². The molecule has 2 aliphatic carbocycles. The highest BCUT2D eigenvalue weighted by Crippen LogP contribution is 2.57.